The third kappa shape index (κ3) is 4.70. The van der Waals surface area contributed by atoms with Crippen LogP contribution in [0.25, 0.3) is 0 Å². The van der Waals surface area contributed by atoms with Gasteiger partial charge >= 0.3 is 0 Å². The molecule has 1 aromatic carbocycles. The molecule has 1 amide bonds. The average Bonchev–Trinajstić information content (AvgIpc) is 3.00. The fourth-order valence-electron chi connectivity index (χ4n) is 2.80. The zero-order valence-corrected chi connectivity index (χ0v) is 15.6. The lowest BCUT2D eigenvalue weighted by molar-refractivity contribution is 0.0953. The molecule has 2 aromatic rings. The molecular weight excluding hydrogens is 352 g/mol. The van der Waals surface area contributed by atoms with Gasteiger partial charge in [0.25, 0.3) is 5.91 Å². The molecule has 1 heterocycles. The van der Waals surface area contributed by atoms with E-state index in [0.29, 0.717) is 12.1 Å². The first kappa shape index (κ1) is 18.6. The Morgan fingerprint density at radius 2 is 2.00 bits per heavy atom. The van der Waals surface area contributed by atoms with E-state index in [2.05, 4.69) is 15.1 Å². The van der Waals surface area contributed by atoms with E-state index in [9.17, 15) is 13.2 Å². The first-order chi connectivity index (χ1) is 12.4. The molecule has 1 aliphatic rings. The quantitative estimate of drug-likeness (QED) is 0.685. The lowest BCUT2D eigenvalue weighted by Gasteiger charge is -2.26. The van der Waals surface area contributed by atoms with E-state index in [4.69, 9.17) is 0 Å². The van der Waals surface area contributed by atoms with E-state index in [0.717, 1.165) is 37.7 Å². The summed E-state index contributed by atoms with van der Waals surface area (Å²) in [5.41, 5.74) is 1.59. The van der Waals surface area contributed by atoms with Crippen molar-refractivity contribution in [3.63, 3.8) is 0 Å². The Bertz CT molecular complexity index is 855. The van der Waals surface area contributed by atoms with Crippen molar-refractivity contribution in [1.29, 1.82) is 0 Å². The number of amides is 1. The molecule has 0 aliphatic heterocycles. The molecule has 140 valence electrons. The van der Waals surface area contributed by atoms with Crippen molar-refractivity contribution >= 4 is 15.9 Å². The topological polar surface area (TPSA) is 93.1 Å². The Labute approximate surface area is 153 Å². The minimum atomic E-state index is -3.50. The van der Waals surface area contributed by atoms with E-state index in [1.807, 2.05) is 19.4 Å². The highest BCUT2D eigenvalue weighted by atomic mass is 32.2. The zero-order valence-electron chi connectivity index (χ0n) is 14.8. The van der Waals surface area contributed by atoms with Gasteiger partial charge in [-0.05, 0) is 55.5 Å². The zero-order chi connectivity index (χ0) is 18.6. The van der Waals surface area contributed by atoms with E-state index in [1.165, 1.54) is 12.1 Å². The predicted octanol–water partition coefficient (Wildman–Crippen LogP) is 1.61. The normalized spacial score (nSPS) is 14.8. The number of aryl methyl sites for hydroxylation is 2. The molecule has 0 spiro atoms. The van der Waals surface area contributed by atoms with Crippen LogP contribution in [0.2, 0.25) is 0 Å². The van der Waals surface area contributed by atoms with Gasteiger partial charge in [0, 0.05) is 31.4 Å². The van der Waals surface area contributed by atoms with Crippen molar-refractivity contribution in [2.75, 3.05) is 6.54 Å². The number of sulfonamides is 1. The molecule has 0 unspecified atom stereocenters. The summed E-state index contributed by atoms with van der Waals surface area (Å²) in [5.74, 6) is -0.202. The molecular formula is C18H24N4O3S. The van der Waals surface area contributed by atoms with Crippen LogP contribution in [-0.2, 0) is 23.5 Å². The lowest BCUT2D eigenvalue weighted by atomic mass is 9.94. The number of hydrogen-bond donors (Lipinski definition) is 2. The second kappa shape index (κ2) is 8.01. The van der Waals surface area contributed by atoms with Gasteiger partial charge in [0.05, 0.1) is 11.1 Å². The maximum atomic E-state index is 12.2. The van der Waals surface area contributed by atoms with Gasteiger partial charge < -0.3 is 5.32 Å². The van der Waals surface area contributed by atoms with Crippen LogP contribution in [0.1, 0.15) is 41.6 Å². The number of nitrogens with one attached hydrogen (secondary N) is 2. The van der Waals surface area contributed by atoms with Crippen LogP contribution in [0.3, 0.4) is 0 Å². The van der Waals surface area contributed by atoms with Gasteiger partial charge in [-0.15, -0.1) is 0 Å². The van der Waals surface area contributed by atoms with Crippen LogP contribution in [-0.4, -0.2) is 36.7 Å². The van der Waals surface area contributed by atoms with Gasteiger partial charge in [0.1, 0.15) is 0 Å². The first-order valence-electron chi connectivity index (χ1n) is 8.82. The lowest BCUT2D eigenvalue weighted by Crippen LogP contribution is -2.39. The smallest absolute Gasteiger partial charge is 0.251 e. The first-order valence-corrected chi connectivity index (χ1v) is 10.3. The number of hydrogen-bond acceptors (Lipinski definition) is 4. The number of carbonyl (C=O) groups excluding carboxylic acids is 1. The number of carbonyl (C=O) groups is 1. The van der Waals surface area contributed by atoms with E-state index < -0.39 is 10.0 Å². The molecule has 1 fully saturated rings. The summed E-state index contributed by atoms with van der Waals surface area (Å²) >= 11 is 0. The second-order valence-corrected chi connectivity index (χ2v) is 8.37. The van der Waals surface area contributed by atoms with Crippen molar-refractivity contribution in [3.8, 4) is 0 Å². The second-order valence-electron chi connectivity index (χ2n) is 6.66. The van der Waals surface area contributed by atoms with Crippen LogP contribution in [0.15, 0.2) is 41.6 Å². The number of nitrogens with zero attached hydrogens (tertiary/aromatic N) is 2. The minimum Gasteiger partial charge on any atom is -0.352 e. The molecule has 8 heteroatoms. The van der Waals surface area contributed by atoms with Crippen molar-refractivity contribution in [3.05, 3.63) is 47.8 Å². The fraction of sp³-hybridized carbons (Fsp3) is 0.444. The largest absolute Gasteiger partial charge is 0.352 e. The van der Waals surface area contributed by atoms with Gasteiger partial charge in [-0.2, -0.15) is 5.10 Å². The molecule has 0 bridgehead atoms. The van der Waals surface area contributed by atoms with Gasteiger partial charge in [-0.1, -0.05) is 6.42 Å². The summed E-state index contributed by atoms with van der Waals surface area (Å²) in [5, 5.41) is 6.96. The van der Waals surface area contributed by atoms with Crippen molar-refractivity contribution in [2.45, 2.75) is 43.0 Å². The third-order valence-electron chi connectivity index (χ3n) is 4.54. The minimum absolute atomic E-state index is 0.0442. The van der Waals surface area contributed by atoms with Crippen LogP contribution in [0.5, 0.6) is 0 Å². The highest BCUT2D eigenvalue weighted by Crippen LogP contribution is 2.21. The van der Waals surface area contributed by atoms with E-state index in [-0.39, 0.29) is 16.8 Å². The standard InChI is InChI=1S/C18H24N4O3S/c1-22-13-14(12-20-22)4-3-11-19-18(23)15-7-9-17(10-8-15)26(24,25)21-16-5-2-6-16/h7-10,12-13,16,21H,2-6,11H2,1H3,(H,19,23). The molecule has 3 rings (SSSR count). The number of aromatic nitrogens is 2. The Hall–Kier alpha value is -2.19. The van der Waals surface area contributed by atoms with Crippen LogP contribution >= 0.6 is 0 Å². The molecule has 7 nitrogen and oxygen atoms in total. The molecule has 1 aromatic heterocycles. The van der Waals surface area contributed by atoms with E-state index >= 15 is 0 Å². The van der Waals surface area contributed by atoms with Crippen molar-refractivity contribution in [2.24, 2.45) is 7.05 Å². The summed E-state index contributed by atoms with van der Waals surface area (Å²) in [6.45, 7) is 0.553. The Morgan fingerprint density at radius 3 is 2.58 bits per heavy atom. The fourth-order valence-corrected chi connectivity index (χ4v) is 4.10. The van der Waals surface area contributed by atoms with Gasteiger partial charge in [-0.25, -0.2) is 13.1 Å². The highest BCUT2D eigenvalue weighted by Gasteiger charge is 2.24. The van der Waals surface area contributed by atoms with Crippen molar-refractivity contribution in [1.82, 2.24) is 19.8 Å². The van der Waals surface area contributed by atoms with E-state index in [1.54, 1.807) is 16.8 Å². The SMILES string of the molecule is Cn1cc(CCCNC(=O)c2ccc(S(=O)(=O)NC3CCC3)cc2)cn1. The van der Waals surface area contributed by atoms with Crippen LogP contribution < -0.4 is 10.0 Å². The Morgan fingerprint density at radius 1 is 1.27 bits per heavy atom. The van der Waals surface area contributed by atoms with Gasteiger partial charge in [-0.3, -0.25) is 9.48 Å². The Balaban J connectivity index is 1.48. The molecule has 2 N–H and O–H groups in total. The molecule has 26 heavy (non-hydrogen) atoms. The summed E-state index contributed by atoms with van der Waals surface area (Å²) in [7, 11) is -1.63. The maximum Gasteiger partial charge on any atom is 0.251 e. The summed E-state index contributed by atoms with van der Waals surface area (Å²) < 4.78 is 28.9. The number of rotatable bonds is 8. The van der Waals surface area contributed by atoms with Gasteiger partial charge in [0.2, 0.25) is 10.0 Å². The molecule has 0 atom stereocenters. The highest BCUT2D eigenvalue weighted by molar-refractivity contribution is 7.89. The summed E-state index contributed by atoms with van der Waals surface area (Å²) in [6.07, 6.45) is 8.27. The predicted molar refractivity (Wildman–Crippen MR) is 98.3 cm³/mol. The van der Waals surface area contributed by atoms with Gasteiger partial charge in [0.15, 0.2) is 0 Å². The Kier molecular flexibility index (Phi) is 5.73. The molecule has 0 saturated heterocycles. The average molecular weight is 376 g/mol. The number of benzene rings is 1. The monoisotopic (exact) mass is 376 g/mol. The third-order valence-corrected chi connectivity index (χ3v) is 6.08. The molecule has 1 saturated carbocycles. The molecule has 0 radical (unpaired) electrons. The molecule has 1 aliphatic carbocycles. The summed E-state index contributed by atoms with van der Waals surface area (Å²) in [4.78, 5) is 12.4. The van der Waals surface area contributed by atoms with Crippen molar-refractivity contribution < 1.29 is 13.2 Å². The van der Waals surface area contributed by atoms with Crippen LogP contribution in [0.4, 0.5) is 0 Å². The maximum absolute atomic E-state index is 12.2. The summed E-state index contributed by atoms with van der Waals surface area (Å²) in [6, 6.07) is 6.09. The van der Waals surface area contributed by atoms with Crippen LogP contribution in [0, 0.1) is 0 Å².